The summed E-state index contributed by atoms with van der Waals surface area (Å²) in [7, 11) is -10.2. The van der Waals surface area contributed by atoms with E-state index in [1.807, 2.05) is 0 Å². The topological polar surface area (TPSA) is 385 Å². The Balaban J connectivity index is 1.12. The maximum absolute atomic E-state index is 13.4. The van der Waals surface area contributed by atoms with Crippen molar-refractivity contribution in [3.8, 4) is 0 Å². The number of hydrogen-bond donors (Lipinski definition) is 9. The quantitative estimate of drug-likeness (QED) is 0.0365. The first kappa shape index (κ1) is 43.9. The van der Waals surface area contributed by atoms with Crippen molar-refractivity contribution in [1.82, 2.24) is 39.7 Å². The number of aliphatic hydroxyl groups is 1. The Morgan fingerprint density at radius 3 is 2.59 bits per heavy atom. The third-order valence-corrected chi connectivity index (χ3v) is 11.7. The largest absolute Gasteiger partial charge is 0.472 e. The first-order valence-electron chi connectivity index (χ1n) is 17.7. The van der Waals surface area contributed by atoms with E-state index < -0.39 is 89.5 Å². The Morgan fingerprint density at radius 1 is 1.09 bits per heavy atom. The number of carbonyl (C=O) groups is 2. The van der Waals surface area contributed by atoms with Gasteiger partial charge in [0, 0.05) is 30.8 Å². The number of esters is 1. The lowest BCUT2D eigenvalue weighted by Gasteiger charge is -2.24. The summed E-state index contributed by atoms with van der Waals surface area (Å²) < 4.78 is 59.6. The molecule has 3 aromatic heterocycles. The molecular formula is C29H43N11O15P2S. The molecule has 1 amide bonds. The fourth-order valence-electron chi connectivity index (χ4n) is 6.33. The molecule has 0 aliphatic carbocycles. The van der Waals surface area contributed by atoms with Gasteiger partial charge in [-0.3, -0.25) is 37.6 Å². The van der Waals surface area contributed by atoms with Crippen LogP contribution in [0.2, 0.25) is 0 Å². The number of anilines is 2. The van der Waals surface area contributed by atoms with Crippen LogP contribution in [0, 0.1) is 0 Å². The Bertz CT molecular complexity index is 2090. The van der Waals surface area contributed by atoms with Crippen LogP contribution in [0.5, 0.6) is 0 Å². The number of nitrogen functional groups attached to an aromatic ring is 2. The molecule has 3 saturated heterocycles. The minimum absolute atomic E-state index is 0.0253. The molecule has 6 heterocycles. The van der Waals surface area contributed by atoms with Crippen LogP contribution in [-0.4, -0.2) is 135 Å². The Hall–Kier alpha value is -3.66. The van der Waals surface area contributed by atoms with Gasteiger partial charge in [0.15, 0.2) is 23.8 Å². The molecule has 320 valence electrons. The SMILES string of the molecule is Nc1ccn([C@H]2C[C@H](OP(=O)(O)OC[C@@H]3O[C@@H](n4cnc5c(N)ncnc54)[C@H](O)[C@@H]3OC(=O)[C@H](N)CCCCNC(=O)[C@@H]3CSCN3)[C@@H](COP(=O)(O)O)O2)c(=O)n1. The van der Waals surface area contributed by atoms with Crippen LogP contribution in [0.25, 0.3) is 11.2 Å². The number of rotatable bonds is 18. The van der Waals surface area contributed by atoms with Crippen molar-refractivity contribution in [2.24, 2.45) is 5.73 Å². The summed E-state index contributed by atoms with van der Waals surface area (Å²) in [6, 6.07) is -0.150. The van der Waals surface area contributed by atoms with Crippen LogP contribution in [-0.2, 0) is 46.5 Å². The van der Waals surface area contributed by atoms with E-state index in [4.69, 9.17) is 40.5 Å². The number of fused-ring (bicyclic) bond motifs is 1. The highest BCUT2D eigenvalue weighted by atomic mass is 32.2. The van der Waals surface area contributed by atoms with Crippen LogP contribution in [0.3, 0.4) is 0 Å². The molecule has 1 unspecified atom stereocenters. The van der Waals surface area contributed by atoms with Gasteiger partial charge in [-0.1, -0.05) is 0 Å². The molecule has 12 N–H and O–H groups in total. The first-order chi connectivity index (χ1) is 27.5. The van der Waals surface area contributed by atoms with Crippen LogP contribution >= 0.6 is 27.4 Å². The molecule has 0 saturated carbocycles. The molecule has 0 aromatic carbocycles. The van der Waals surface area contributed by atoms with Crippen molar-refractivity contribution in [2.75, 3.05) is 42.9 Å². The van der Waals surface area contributed by atoms with Crippen molar-refractivity contribution in [3.05, 3.63) is 35.4 Å². The standard InChI is InChI=1S/C29H43N11O15P2S/c30-14(3-1-2-5-33-26(42)15-10-58-13-37-15)28(43)54-23-18(53-27(22(23)41)40-12-36-21-24(32)34-11-35-25(21)40)9-51-57(48,49)55-16-7-20(39-6-4-19(31)38-29(39)44)52-17(16)8-50-56(45,46)47/h4,6,11-12,14-18,20,22-23,27,37,41H,1-3,5,7-10,13,30H2,(H,33,42)(H,48,49)(H2,31,38,44)(H2,32,34,35)(H2,45,46,47)/t14-,15+,16+,17-,18+,20-,22-,23-,27-/m1/s1. The number of unbranched alkanes of at least 4 members (excludes halogenated alkanes) is 1. The average molecular weight is 880 g/mol. The summed E-state index contributed by atoms with van der Waals surface area (Å²) in [6.45, 7) is -1.31. The number of ether oxygens (including phenoxy) is 3. The molecule has 0 bridgehead atoms. The van der Waals surface area contributed by atoms with Gasteiger partial charge >= 0.3 is 27.3 Å². The normalized spacial score (nSPS) is 27.7. The lowest BCUT2D eigenvalue weighted by atomic mass is 10.1. The summed E-state index contributed by atoms with van der Waals surface area (Å²) in [6.07, 6.45) is -5.68. The second kappa shape index (κ2) is 18.7. The number of phosphoric acid groups is 2. The van der Waals surface area contributed by atoms with Gasteiger partial charge in [-0.2, -0.15) is 4.98 Å². The van der Waals surface area contributed by atoms with Gasteiger partial charge in [0.2, 0.25) is 5.91 Å². The zero-order chi connectivity index (χ0) is 41.8. The van der Waals surface area contributed by atoms with Gasteiger partial charge in [0.05, 0.1) is 25.6 Å². The van der Waals surface area contributed by atoms with Gasteiger partial charge in [0.25, 0.3) is 0 Å². The molecule has 3 aliphatic rings. The van der Waals surface area contributed by atoms with Crippen molar-refractivity contribution in [2.45, 2.75) is 80.7 Å². The lowest BCUT2D eigenvalue weighted by Crippen LogP contribution is -2.43. The fourth-order valence-corrected chi connectivity index (χ4v) is 8.57. The molecule has 3 aromatic rings. The third kappa shape index (κ3) is 10.9. The van der Waals surface area contributed by atoms with Gasteiger partial charge in [0.1, 0.15) is 54.3 Å². The summed E-state index contributed by atoms with van der Waals surface area (Å²) in [4.78, 5) is 83.1. The number of phosphoric ester groups is 2. The van der Waals surface area contributed by atoms with E-state index in [0.717, 1.165) is 10.9 Å². The van der Waals surface area contributed by atoms with Crippen molar-refractivity contribution in [3.63, 3.8) is 0 Å². The van der Waals surface area contributed by atoms with Crippen LogP contribution < -0.4 is 33.5 Å². The molecule has 29 heteroatoms. The minimum atomic E-state index is -5.17. The van der Waals surface area contributed by atoms with E-state index >= 15 is 0 Å². The van der Waals surface area contributed by atoms with E-state index in [9.17, 15) is 43.3 Å². The number of aliphatic hydroxyl groups excluding tert-OH is 1. The molecule has 0 radical (unpaired) electrons. The van der Waals surface area contributed by atoms with Crippen molar-refractivity contribution >= 4 is 62.1 Å². The fraction of sp³-hybridized carbons (Fsp3) is 0.621. The Kier molecular flexibility index (Phi) is 14.2. The number of aromatic nitrogens is 6. The van der Waals surface area contributed by atoms with Gasteiger partial charge < -0.3 is 56.5 Å². The van der Waals surface area contributed by atoms with E-state index in [1.54, 1.807) is 11.8 Å². The maximum Gasteiger partial charge on any atom is 0.472 e. The van der Waals surface area contributed by atoms with E-state index in [2.05, 4.69) is 35.1 Å². The second-order valence-electron chi connectivity index (χ2n) is 13.3. The predicted octanol–water partition coefficient (Wildman–Crippen LogP) is -2.41. The Labute approximate surface area is 332 Å². The molecule has 6 rings (SSSR count). The van der Waals surface area contributed by atoms with E-state index in [1.165, 1.54) is 23.2 Å². The average Bonchev–Trinajstić information content (AvgIpc) is 3.97. The second-order valence-corrected chi connectivity index (χ2v) is 17.0. The maximum atomic E-state index is 13.4. The van der Waals surface area contributed by atoms with Crippen molar-refractivity contribution in [1.29, 1.82) is 0 Å². The lowest BCUT2D eigenvalue weighted by molar-refractivity contribution is -0.158. The van der Waals surface area contributed by atoms with Crippen LogP contribution in [0.15, 0.2) is 29.7 Å². The minimum Gasteiger partial charge on any atom is -0.455 e. The van der Waals surface area contributed by atoms with Crippen molar-refractivity contribution < 1.29 is 66.3 Å². The highest BCUT2D eigenvalue weighted by Gasteiger charge is 2.50. The summed E-state index contributed by atoms with van der Waals surface area (Å²) in [5.74, 6) is 0.248. The molecule has 26 nitrogen and oxygen atoms in total. The summed E-state index contributed by atoms with van der Waals surface area (Å²) in [5.41, 5.74) is 17.1. The monoisotopic (exact) mass is 879 g/mol. The van der Waals surface area contributed by atoms with Crippen LogP contribution in [0.1, 0.15) is 38.1 Å². The molecule has 0 spiro atoms. The predicted molar refractivity (Wildman–Crippen MR) is 199 cm³/mol. The number of carbonyl (C=O) groups excluding carboxylic acids is 2. The number of nitrogens with one attached hydrogen (secondary N) is 2. The summed E-state index contributed by atoms with van der Waals surface area (Å²) in [5, 5.41) is 17.4. The molecule has 3 fully saturated rings. The smallest absolute Gasteiger partial charge is 0.455 e. The van der Waals surface area contributed by atoms with E-state index in [0.29, 0.717) is 31.0 Å². The van der Waals surface area contributed by atoms with Gasteiger partial charge in [-0.15, -0.1) is 11.8 Å². The van der Waals surface area contributed by atoms with Gasteiger partial charge in [-0.25, -0.2) is 28.9 Å². The number of imidazole rings is 1. The summed E-state index contributed by atoms with van der Waals surface area (Å²) >= 11 is 1.62. The number of hydrogen-bond acceptors (Lipinski definition) is 21. The highest BCUT2D eigenvalue weighted by molar-refractivity contribution is 7.99. The molecular weight excluding hydrogens is 836 g/mol. The Morgan fingerprint density at radius 2 is 1.86 bits per heavy atom. The first-order valence-corrected chi connectivity index (χ1v) is 21.8. The number of thioether (sulfide) groups is 1. The number of nitrogens with zero attached hydrogens (tertiary/aromatic N) is 6. The molecule has 3 aliphatic heterocycles. The van der Waals surface area contributed by atoms with Crippen LogP contribution in [0.4, 0.5) is 11.6 Å². The zero-order valence-electron chi connectivity index (χ0n) is 30.4. The highest BCUT2D eigenvalue weighted by Crippen LogP contribution is 2.50. The third-order valence-electron chi connectivity index (χ3n) is 9.22. The number of amides is 1. The zero-order valence-corrected chi connectivity index (χ0v) is 33.0. The van der Waals surface area contributed by atoms with E-state index in [-0.39, 0.29) is 47.6 Å². The molecule has 58 heavy (non-hydrogen) atoms. The number of nitrogens with two attached hydrogens (primary N) is 3. The van der Waals surface area contributed by atoms with Gasteiger partial charge in [-0.05, 0) is 25.3 Å². The molecule has 10 atom stereocenters.